The Kier molecular flexibility index (Phi) is 6.38. The Hall–Kier alpha value is -3.17. The number of ether oxygens (including phenoxy) is 2. The number of hydrogen-bond acceptors (Lipinski definition) is 6. The van der Waals surface area contributed by atoms with E-state index in [0.29, 0.717) is 18.0 Å². The normalized spacial score (nSPS) is 22.6. The van der Waals surface area contributed by atoms with Crippen LogP contribution in [0, 0.1) is 5.82 Å². The summed E-state index contributed by atoms with van der Waals surface area (Å²) in [6.07, 6.45) is -0.576. The van der Waals surface area contributed by atoms with Crippen molar-refractivity contribution in [1.29, 1.82) is 0 Å². The largest absolute Gasteiger partial charge is 0.443 e. The van der Waals surface area contributed by atoms with Gasteiger partial charge < -0.3 is 25.0 Å². The highest BCUT2D eigenvalue weighted by molar-refractivity contribution is 5.94. The lowest BCUT2D eigenvalue weighted by Gasteiger charge is -2.43. The number of benzene rings is 2. The van der Waals surface area contributed by atoms with Gasteiger partial charge in [-0.2, -0.15) is 0 Å². The molecule has 2 aromatic rings. The quantitative estimate of drug-likeness (QED) is 0.700. The molecule has 2 heterocycles. The number of amides is 2. The number of carbonyl (C=O) groups excluding carboxylic acids is 2. The minimum absolute atomic E-state index is 0.343. The maximum absolute atomic E-state index is 13.3. The van der Waals surface area contributed by atoms with Crippen molar-refractivity contribution < 1.29 is 23.5 Å². The molecule has 2 atom stereocenters. The second-order valence-electron chi connectivity index (χ2n) is 8.95. The van der Waals surface area contributed by atoms with Crippen LogP contribution in [0.1, 0.15) is 27.5 Å². The Morgan fingerprint density at radius 2 is 1.79 bits per heavy atom. The molecule has 2 saturated heterocycles. The minimum atomic E-state index is -0.546. The molecule has 0 bridgehead atoms. The van der Waals surface area contributed by atoms with Crippen molar-refractivity contribution in [3.8, 4) is 0 Å². The fourth-order valence-electron chi connectivity index (χ4n) is 4.87. The van der Waals surface area contributed by atoms with Crippen molar-refractivity contribution in [3.63, 3.8) is 0 Å². The number of alkyl carbamates (subject to hydrolysis) is 1. The maximum atomic E-state index is 13.3. The highest BCUT2D eigenvalue weighted by Gasteiger charge is 2.37. The predicted octanol–water partition coefficient (Wildman–Crippen LogP) is 2.10. The highest BCUT2D eigenvalue weighted by atomic mass is 19.1. The predicted molar refractivity (Wildman–Crippen MR) is 124 cm³/mol. The van der Waals surface area contributed by atoms with Crippen LogP contribution in [-0.4, -0.2) is 75.5 Å². The fourth-order valence-corrected chi connectivity index (χ4v) is 4.87. The number of piperazine rings is 1. The van der Waals surface area contributed by atoms with Crippen LogP contribution in [0.5, 0.6) is 0 Å². The zero-order valence-corrected chi connectivity index (χ0v) is 19.1. The van der Waals surface area contributed by atoms with Gasteiger partial charge in [-0.3, -0.25) is 9.69 Å². The van der Waals surface area contributed by atoms with Gasteiger partial charge in [0.2, 0.25) is 0 Å². The molecule has 2 amide bonds. The van der Waals surface area contributed by atoms with E-state index in [1.807, 2.05) is 0 Å². The third-order valence-corrected chi connectivity index (χ3v) is 6.93. The molecular formula is C25H29FN4O4. The van der Waals surface area contributed by atoms with E-state index in [4.69, 9.17) is 9.47 Å². The molecule has 2 fully saturated rings. The van der Waals surface area contributed by atoms with E-state index >= 15 is 0 Å². The van der Waals surface area contributed by atoms with E-state index in [0.717, 1.165) is 56.2 Å². The molecule has 2 aromatic carbocycles. The number of carbonyl (C=O) groups is 2. The summed E-state index contributed by atoms with van der Waals surface area (Å²) in [7, 11) is 1.50. The van der Waals surface area contributed by atoms with Crippen LogP contribution in [-0.2, 0) is 15.9 Å². The molecule has 180 valence electrons. The third kappa shape index (κ3) is 4.58. The average molecular weight is 469 g/mol. The summed E-state index contributed by atoms with van der Waals surface area (Å²) in [4.78, 5) is 29.7. The third-order valence-electron chi connectivity index (χ3n) is 6.93. The standard InChI is InChI=1S/C25H29FN4O4/c1-27-25(32)34-22-12-17-4-7-19(29-8-10-30(11-9-29)20-14-33-15-20)13-21(17)23(22)28-24(31)16-2-5-18(26)6-3-16/h2-7,13,20,22-23H,8-12,14-15H2,1H3,(H,27,32)(H,28,31). The molecule has 2 aliphatic heterocycles. The monoisotopic (exact) mass is 468 g/mol. The lowest BCUT2D eigenvalue weighted by Crippen LogP contribution is -2.56. The topological polar surface area (TPSA) is 83.1 Å². The Morgan fingerprint density at radius 3 is 2.44 bits per heavy atom. The van der Waals surface area contributed by atoms with E-state index < -0.39 is 24.1 Å². The van der Waals surface area contributed by atoms with Crippen molar-refractivity contribution in [1.82, 2.24) is 15.5 Å². The molecule has 0 saturated carbocycles. The van der Waals surface area contributed by atoms with Gasteiger partial charge in [-0.1, -0.05) is 6.07 Å². The van der Waals surface area contributed by atoms with Crippen LogP contribution >= 0.6 is 0 Å². The van der Waals surface area contributed by atoms with Crippen molar-refractivity contribution in [2.24, 2.45) is 0 Å². The fraction of sp³-hybridized carbons (Fsp3) is 0.440. The number of nitrogens with one attached hydrogen (secondary N) is 2. The van der Waals surface area contributed by atoms with Crippen LogP contribution < -0.4 is 15.5 Å². The Morgan fingerprint density at radius 1 is 1.06 bits per heavy atom. The Labute approximate surface area is 198 Å². The number of rotatable bonds is 5. The van der Waals surface area contributed by atoms with Crippen molar-refractivity contribution >= 4 is 17.7 Å². The number of nitrogens with zero attached hydrogens (tertiary/aromatic N) is 2. The van der Waals surface area contributed by atoms with Gasteiger partial charge in [-0.05, 0) is 47.5 Å². The molecule has 2 N–H and O–H groups in total. The summed E-state index contributed by atoms with van der Waals surface area (Å²) in [5.74, 6) is -0.747. The zero-order valence-electron chi connectivity index (χ0n) is 19.1. The second-order valence-corrected chi connectivity index (χ2v) is 8.95. The van der Waals surface area contributed by atoms with Crippen molar-refractivity contribution in [2.45, 2.75) is 24.6 Å². The van der Waals surface area contributed by atoms with Crippen LogP contribution in [0.15, 0.2) is 42.5 Å². The summed E-state index contributed by atoms with van der Waals surface area (Å²) >= 11 is 0. The van der Waals surface area contributed by atoms with Gasteiger partial charge in [0, 0.05) is 50.9 Å². The first-order chi connectivity index (χ1) is 16.5. The summed E-state index contributed by atoms with van der Waals surface area (Å²) < 4.78 is 24.2. The van der Waals surface area contributed by atoms with E-state index in [1.54, 1.807) is 0 Å². The number of halogens is 1. The van der Waals surface area contributed by atoms with Crippen LogP contribution in [0.2, 0.25) is 0 Å². The average Bonchev–Trinajstić information content (AvgIpc) is 3.14. The first kappa shape index (κ1) is 22.6. The Bertz CT molecular complexity index is 1050. The zero-order chi connectivity index (χ0) is 23.7. The first-order valence-electron chi connectivity index (χ1n) is 11.7. The van der Waals surface area contributed by atoms with Gasteiger partial charge in [-0.15, -0.1) is 0 Å². The van der Waals surface area contributed by atoms with Crippen LogP contribution in [0.3, 0.4) is 0 Å². The van der Waals surface area contributed by atoms with Crippen molar-refractivity contribution in [3.05, 3.63) is 65.0 Å². The first-order valence-corrected chi connectivity index (χ1v) is 11.7. The molecule has 8 nitrogen and oxygen atoms in total. The number of hydrogen-bond donors (Lipinski definition) is 2. The second kappa shape index (κ2) is 9.60. The molecule has 1 aliphatic carbocycles. The molecule has 2 unspecified atom stereocenters. The summed E-state index contributed by atoms with van der Waals surface area (Å²) in [6.45, 7) is 5.44. The molecular weight excluding hydrogens is 439 g/mol. The summed E-state index contributed by atoms with van der Waals surface area (Å²) in [5, 5.41) is 5.49. The molecule has 0 aromatic heterocycles. The van der Waals surface area contributed by atoms with Gasteiger partial charge >= 0.3 is 6.09 Å². The summed E-state index contributed by atoms with van der Waals surface area (Å²) in [5.41, 5.74) is 3.41. The van der Waals surface area contributed by atoms with Crippen LogP contribution in [0.4, 0.5) is 14.9 Å². The lowest BCUT2D eigenvalue weighted by molar-refractivity contribution is -0.0660. The van der Waals surface area contributed by atoms with Gasteiger partial charge in [0.05, 0.1) is 25.3 Å². The highest BCUT2D eigenvalue weighted by Crippen LogP contribution is 2.36. The van der Waals surface area contributed by atoms with E-state index in [-0.39, 0.29) is 5.91 Å². The van der Waals surface area contributed by atoms with Gasteiger partial charge in [-0.25, -0.2) is 9.18 Å². The van der Waals surface area contributed by atoms with Gasteiger partial charge in [0.25, 0.3) is 5.91 Å². The van der Waals surface area contributed by atoms with E-state index in [2.05, 4.69) is 38.6 Å². The van der Waals surface area contributed by atoms with E-state index in [9.17, 15) is 14.0 Å². The molecule has 9 heteroatoms. The Balaban J connectivity index is 1.35. The van der Waals surface area contributed by atoms with Gasteiger partial charge in [0.15, 0.2) is 0 Å². The summed E-state index contributed by atoms with van der Waals surface area (Å²) in [6, 6.07) is 11.7. The maximum Gasteiger partial charge on any atom is 0.407 e. The van der Waals surface area contributed by atoms with Crippen LogP contribution in [0.25, 0.3) is 0 Å². The molecule has 0 spiro atoms. The van der Waals surface area contributed by atoms with Crippen molar-refractivity contribution in [2.75, 3.05) is 51.3 Å². The smallest absolute Gasteiger partial charge is 0.407 e. The van der Waals surface area contributed by atoms with E-state index in [1.165, 1.54) is 31.3 Å². The molecule has 5 rings (SSSR count). The number of fused-ring (bicyclic) bond motifs is 1. The molecule has 34 heavy (non-hydrogen) atoms. The lowest BCUT2D eigenvalue weighted by atomic mass is 10.0. The SMILES string of the molecule is CNC(=O)OC1Cc2ccc(N3CCN(C4COC4)CC3)cc2C1NC(=O)c1ccc(F)cc1. The number of anilines is 1. The molecule has 3 aliphatic rings. The van der Waals surface area contributed by atoms with Gasteiger partial charge in [0.1, 0.15) is 11.9 Å². The molecule has 0 radical (unpaired) electrons. The minimum Gasteiger partial charge on any atom is -0.443 e.